The van der Waals surface area contributed by atoms with E-state index in [-0.39, 0.29) is 21.5 Å². The van der Waals surface area contributed by atoms with Crippen LogP contribution in [0.25, 0.3) is 85.5 Å². The molecule has 0 nitrogen and oxygen atoms in total. The first-order valence-corrected chi connectivity index (χ1v) is 16.4. The zero-order valence-electron chi connectivity index (χ0n) is 25.4. The lowest BCUT2D eigenvalue weighted by molar-refractivity contribution is -0.135. The van der Waals surface area contributed by atoms with Crippen LogP contribution in [0.15, 0.2) is 133 Å². The third kappa shape index (κ3) is 4.38. The smallest absolute Gasteiger partial charge is 0.166 e. The first kappa shape index (κ1) is 29.7. The number of alkyl halides is 6. The zero-order chi connectivity index (χ0) is 33.7. The molecule has 0 fully saturated rings. The van der Waals surface area contributed by atoms with Gasteiger partial charge in [-0.2, -0.15) is 26.3 Å². The van der Waals surface area contributed by atoms with Crippen molar-refractivity contribution in [2.45, 2.75) is 12.4 Å². The van der Waals surface area contributed by atoms with Crippen LogP contribution in [0.3, 0.4) is 0 Å². The highest BCUT2D eigenvalue weighted by Gasteiger charge is 2.37. The maximum absolute atomic E-state index is 14.7. The van der Waals surface area contributed by atoms with Gasteiger partial charge < -0.3 is 0 Å². The van der Waals surface area contributed by atoms with Gasteiger partial charge in [0.1, 0.15) is 0 Å². The molecule has 1 aromatic heterocycles. The summed E-state index contributed by atoms with van der Waals surface area (Å²) in [5, 5.41) is 4.28. The maximum atomic E-state index is 14.7. The fraction of sp³-hybridized carbons (Fsp3) is 0.0476. The molecule has 0 N–H and O–H groups in total. The second kappa shape index (κ2) is 10.5. The largest absolute Gasteiger partial charge is 0.417 e. The van der Waals surface area contributed by atoms with Gasteiger partial charge in [0.05, 0.1) is 11.1 Å². The molecule has 0 saturated heterocycles. The molecule has 1 heterocycles. The molecule has 0 radical (unpaired) electrons. The van der Waals surface area contributed by atoms with Gasteiger partial charge in [-0.15, -0.1) is 11.3 Å². The Morgan fingerprint density at radius 3 is 1.12 bits per heavy atom. The molecule has 7 heteroatoms. The SMILES string of the molecule is FC(F)(F)c1c2ccccc2c(-c2cccc3c2sc2cccc(-c4c5ccccc5c(C(F)(F)F)c5ccccc45)c23)c2ccccc12. The Hall–Kier alpha value is -5.40. The van der Waals surface area contributed by atoms with E-state index in [4.69, 9.17) is 0 Å². The van der Waals surface area contributed by atoms with Crippen molar-refractivity contribution in [3.63, 3.8) is 0 Å². The fourth-order valence-corrected chi connectivity index (χ4v) is 8.95. The number of fused-ring (bicyclic) bond motifs is 7. The van der Waals surface area contributed by atoms with Crippen LogP contribution in [-0.4, -0.2) is 0 Å². The summed E-state index contributed by atoms with van der Waals surface area (Å²) in [5.41, 5.74) is 1.70. The third-order valence-corrected chi connectivity index (χ3v) is 10.7. The van der Waals surface area contributed by atoms with Gasteiger partial charge >= 0.3 is 12.4 Å². The highest BCUT2D eigenvalue weighted by molar-refractivity contribution is 7.26. The van der Waals surface area contributed by atoms with Crippen LogP contribution >= 0.6 is 11.3 Å². The number of benzene rings is 8. The number of thiophene rings is 1. The Balaban J connectivity index is 1.42. The summed E-state index contributed by atoms with van der Waals surface area (Å²) in [5.74, 6) is 0. The highest BCUT2D eigenvalue weighted by atomic mass is 32.1. The Labute approximate surface area is 279 Å². The van der Waals surface area contributed by atoms with E-state index in [1.807, 2.05) is 36.4 Å². The average Bonchev–Trinajstić information content (AvgIpc) is 3.48. The van der Waals surface area contributed by atoms with Gasteiger partial charge in [0.15, 0.2) is 0 Å². The molecule has 0 saturated carbocycles. The molecule has 0 atom stereocenters. The molecule has 0 amide bonds. The van der Waals surface area contributed by atoms with Crippen molar-refractivity contribution < 1.29 is 26.3 Å². The zero-order valence-corrected chi connectivity index (χ0v) is 26.2. The number of hydrogen-bond acceptors (Lipinski definition) is 1. The molecule has 9 aromatic rings. The Morgan fingerprint density at radius 1 is 0.347 bits per heavy atom. The molecule has 0 bridgehead atoms. The topological polar surface area (TPSA) is 0 Å². The molecule has 8 aromatic carbocycles. The summed E-state index contributed by atoms with van der Waals surface area (Å²) in [6.45, 7) is 0. The van der Waals surface area contributed by atoms with Crippen molar-refractivity contribution in [1.82, 2.24) is 0 Å². The summed E-state index contributed by atoms with van der Waals surface area (Å²) >= 11 is 1.53. The van der Waals surface area contributed by atoms with Crippen molar-refractivity contribution in [2.24, 2.45) is 0 Å². The molecule has 9 rings (SSSR count). The molecule has 0 aliphatic carbocycles. The number of hydrogen-bond donors (Lipinski definition) is 0. The summed E-state index contributed by atoms with van der Waals surface area (Å²) in [4.78, 5) is 0. The summed E-state index contributed by atoms with van der Waals surface area (Å²) in [6, 6.07) is 38.3. The summed E-state index contributed by atoms with van der Waals surface area (Å²) in [6.07, 6.45) is -9.13. The van der Waals surface area contributed by atoms with E-state index >= 15 is 0 Å². The van der Waals surface area contributed by atoms with Gasteiger partial charge in [0.2, 0.25) is 0 Å². The summed E-state index contributed by atoms with van der Waals surface area (Å²) < 4.78 is 89.7. The van der Waals surface area contributed by atoms with Crippen LogP contribution in [0, 0.1) is 0 Å². The number of halogens is 6. The van der Waals surface area contributed by atoms with Crippen LogP contribution < -0.4 is 0 Å². The number of rotatable bonds is 2. The first-order valence-electron chi connectivity index (χ1n) is 15.6. The monoisotopic (exact) mass is 672 g/mol. The van der Waals surface area contributed by atoms with Crippen LogP contribution in [0.2, 0.25) is 0 Å². The van der Waals surface area contributed by atoms with E-state index in [0.29, 0.717) is 32.7 Å². The van der Waals surface area contributed by atoms with Crippen molar-refractivity contribution >= 4 is 74.6 Å². The molecule has 0 spiro atoms. The molecular formula is C42H22F6S. The highest BCUT2D eigenvalue weighted by Crippen LogP contribution is 2.52. The predicted octanol–water partition coefficient (Wildman–Crippen LogP) is 14.0. The van der Waals surface area contributed by atoms with Gasteiger partial charge in [0.25, 0.3) is 0 Å². The van der Waals surface area contributed by atoms with E-state index in [9.17, 15) is 26.3 Å². The standard InChI is InChI=1S/C42H22F6S/c43-41(44,45)38-27-15-5-1-11-23(27)35(24-12-2-6-16-28(24)38)31-19-10-22-34-37(31)33-21-9-20-32(40(33)49-34)36-25-13-3-7-17-29(25)39(42(46,47)48)30-18-8-4-14-26(30)36/h1-22H. The fourth-order valence-electron chi connectivity index (χ4n) is 7.70. The van der Waals surface area contributed by atoms with Crippen molar-refractivity contribution in [3.8, 4) is 22.3 Å². The molecule has 238 valence electrons. The minimum atomic E-state index is -4.57. The molecule has 0 aliphatic heterocycles. The summed E-state index contributed by atoms with van der Waals surface area (Å²) in [7, 11) is 0. The minimum Gasteiger partial charge on any atom is -0.166 e. The van der Waals surface area contributed by atoms with Crippen molar-refractivity contribution in [2.75, 3.05) is 0 Å². The van der Waals surface area contributed by atoms with Crippen LogP contribution in [0.4, 0.5) is 26.3 Å². The molecule has 0 unspecified atom stereocenters. The van der Waals surface area contributed by atoms with Gasteiger partial charge in [-0.05, 0) is 65.8 Å². The maximum Gasteiger partial charge on any atom is 0.417 e. The van der Waals surface area contributed by atoms with E-state index < -0.39 is 23.5 Å². The molecule has 0 aliphatic rings. The first-order chi connectivity index (χ1) is 23.6. The lowest BCUT2D eigenvalue weighted by atomic mass is 9.86. The normalized spacial score (nSPS) is 12.7. The Bertz CT molecular complexity index is 2690. The quantitative estimate of drug-likeness (QED) is 0.127. The molecule has 49 heavy (non-hydrogen) atoms. The van der Waals surface area contributed by atoms with Crippen LogP contribution in [0.1, 0.15) is 11.1 Å². The van der Waals surface area contributed by atoms with Crippen LogP contribution in [-0.2, 0) is 12.4 Å². The Kier molecular flexibility index (Phi) is 6.40. The van der Waals surface area contributed by atoms with Crippen molar-refractivity contribution in [1.29, 1.82) is 0 Å². The van der Waals surface area contributed by atoms with Gasteiger partial charge in [-0.1, -0.05) is 127 Å². The lowest BCUT2D eigenvalue weighted by Crippen LogP contribution is -2.07. The van der Waals surface area contributed by atoms with Gasteiger partial charge in [-0.25, -0.2) is 0 Å². The van der Waals surface area contributed by atoms with E-state index in [0.717, 1.165) is 31.3 Å². The van der Waals surface area contributed by atoms with E-state index in [2.05, 4.69) is 0 Å². The van der Waals surface area contributed by atoms with Crippen molar-refractivity contribution in [3.05, 3.63) is 145 Å². The van der Waals surface area contributed by atoms with E-state index in [1.165, 1.54) is 35.6 Å². The second-order valence-electron chi connectivity index (χ2n) is 12.1. The minimum absolute atomic E-state index is 0.128. The second-order valence-corrected chi connectivity index (χ2v) is 13.2. The van der Waals surface area contributed by atoms with E-state index in [1.54, 1.807) is 72.8 Å². The van der Waals surface area contributed by atoms with Crippen LogP contribution in [0.5, 0.6) is 0 Å². The Morgan fingerprint density at radius 2 is 0.694 bits per heavy atom. The average molecular weight is 673 g/mol. The molecular weight excluding hydrogens is 651 g/mol. The lowest BCUT2D eigenvalue weighted by Gasteiger charge is -2.19. The van der Waals surface area contributed by atoms with Gasteiger partial charge in [-0.3, -0.25) is 0 Å². The van der Waals surface area contributed by atoms with Gasteiger partial charge in [0, 0.05) is 25.7 Å². The third-order valence-electron chi connectivity index (χ3n) is 9.49. The predicted molar refractivity (Wildman–Crippen MR) is 190 cm³/mol.